The first kappa shape index (κ1) is 13.0. The maximum absolute atomic E-state index is 5.84. The van der Waals surface area contributed by atoms with Crippen molar-refractivity contribution in [2.45, 2.75) is 20.0 Å². The zero-order chi connectivity index (χ0) is 12.0. The first-order valence-corrected chi connectivity index (χ1v) is 5.25. The van der Waals surface area contributed by atoms with Gasteiger partial charge in [0.25, 0.3) is 0 Å². The Morgan fingerprint density at radius 3 is 2.88 bits per heavy atom. The van der Waals surface area contributed by atoms with E-state index in [-0.39, 0.29) is 17.9 Å². The number of hydrazine groups is 1. The Kier molecular flexibility index (Phi) is 5.24. The summed E-state index contributed by atoms with van der Waals surface area (Å²) in [5.41, 5.74) is 2.31. The molecular formula is C9H15ClN4O2. The van der Waals surface area contributed by atoms with Crippen molar-refractivity contribution in [3.8, 4) is 5.88 Å². The smallest absolute Gasteiger partial charge is 0.240 e. The van der Waals surface area contributed by atoms with Gasteiger partial charge in [-0.1, -0.05) is 11.6 Å². The highest BCUT2D eigenvalue weighted by molar-refractivity contribution is 6.31. The van der Waals surface area contributed by atoms with Gasteiger partial charge in [-0.05, 0) is 13.8 Å². The second-order valence-corrected chi connectivity index (χ2v) is 3.67. The normalized spacial score (nSPS) is 10.6. The lowest BCUT2D eigenvalue weighted by molar-refractivity contribution is 0.0543. The number of halogens is 1. The number of hydrogen-bond acceptors (Lipinski definition) is 6. The lowest BCUT2D eigenvalue weighted by atomic mass is 10.5. The van der Waals surface area contributed by atoms with Crippen LogP contribution in [0.3, 0.4) is 0 Å². The Bertz CT molecular complexity index is 335. The van der Waals surface area contributed by atoms with Gasteiger partial charge in [0, 0.05) is 0 Å². The maximum atomic E-state index is 5.84. The van der Waals surface area contributed by atoms with E-state index in [9.17, 15) is 0 Å². The molecule has 1 rings (SSSR count). The number of rotatable bonds is 6. The summed E-state index contributed by atoms with van der Waals surface area (Å²) in [6, 6.07) is 0. The molecule has 0 saturated carbocycles. The van der Waals surface area contributed by atoms with Gasteiger partial charge in [0.1, 0.15) is 11.6 Å². The number of anilines is 1. The summed E-state index contributed by atoms with van der Waals surface area (Å²) in [4.78, 5) is 7.77. The van der Waals surface area contributed by atoms with E-state index in [1.165, 1.54) is 6.20 Å². The van der Waals surface area contributed by atoms with Gasteiger partial charge in [0.2, 0.25) is 11.8 Å². The second kappa shape index (κ2) is 6.47. The zero-order valence-corrected chi connectivity index (χ0v) is 9.99. The van der Waals surface area contributed by atoms with Gasteiger partial charge >= 0.3 is 0 Å². The van der Waals surface area contributed by atoms with Crippen LogP contribution in [-0.2, 0) is 4.74 Å². The van der Waals surface area contributed by atoms with Crippen molar-refractivity contribution >= 4 is 17.5 Å². The van der Waals surface area contributed by atoms with E-state index in [1.54, 1.807) is 0 Å². The van der Waals surface area contributed by atoms with Crippen molar-refractivity contribution in [2.75, 3.05) is 18.6 Å². The molecule has 0 unspecified atom stereocenters. The highest BCUT2D eigenvalue weighted by Crippen LogP contribution is 2.21. The summed E-state index contributed by atoms with van der Waals surface area (Å²) in [5, 5.41) is 0.337. The van der Waals surface area contributed by atoms with Crippen molar-refractivity contribution in [3.05, 3.63) is 11.2 Å². The van der Waals surface area contributed by atoms with E-state index < -0.39 is 0 Å². The highest BCUT2D eigenvalue weighted by Gasteiger charge is 2.05. The number of nitrogens with zero attached hydrogens (tertiary/aromatic N) is 2. The van der Waals surface area contributed by atoms with Gasteiger partial charge in [-0.15, -0.1) is 0 Å². The van der Waals surface area contributed by atoms with Crippen LogP contribution in [0.2, 0.25) is 5.02 Å². The Hall–Kier alpha value is -1.11. The number of nitrogen functional groups attached to an aromatic ring is 1. The molecule has 1 aromatic rings. The number of aromatic nitrogens is 2. The predicted octanol–water partition coefficient (Wildman–Crippen LogP) is 1.22. The van der Waals surface area contributed by atoms with Crippen LogP contribution in [0.4, 0.5) is 5.95 Å². The van der Waals surface area contributed by atoms with E-state index in [0.717, 1.165) is 0 Å². The summed E-state index contributed by atoms with van der Waals surface area (Å²) in [6.45, 7) is 4.75. The minimum Gasteiger partial charge on any atom is -0.474 e. The summed E-state index contributed by atoms with van der Waals surface area (Å²) >= 11 is 5.84. The van der Waals surface area contributed by atoms with E-state index in [2.05, 4.69) is 15.4 Å². The summed E-state index contributed by atoms with van der Waals surface area (Å²) in [5.74, 6) is 5.71. The summed E-state index contributed by atoms with van der Waals surface area (Å²) in [7, 11) is 0. The molecule has 7 heteroatoms. The van der Waals surface area contributed by atoms with Gasteiger partial charge < -0.3 is 9.47 Å². The van der Waals surface area contributed by atoms with Crippen molar-refractivity contribution in [1.29, 1.82) is 0 Å². The molecule has 0 spiro atoms. The lowest BCUT2D eigenvalue weighted by Gasteiger charge is -2.09. The molecule has 6 nitrogen and oxygen atoms in total. The molecule has 90 valence electrons. The SMILES string of the molecule is CC(C)OCCOc1nc(NN)ncc1Cl. The van der Waals surface area contributed by atoms with Gasteiger partial charge in [0.05, 0.1) is 18.9 Å². The lowest BCUT2D eigenvalue weighted by Crippen LogP contribution is -2.14. The fourth-order valence-electron chi connectivity index (χ4n) is 0.944. The molecule has 3 N–H and O–H groups in total. The van der Waals surface area contributed by atoms with Gasteiger partial charge in [-0.2, -0.15) is 4.98 Å². The van der Waals surface area contributed by atoms with E-state index in [4.69, 9.17) is 26.9 Å². The molecule has 16 heavy (non-hydrogen) atoms. The van der Waals surface area contributed by atoms with Crippen molar-refractivity contribution in [2.24, 2.45) is 5.84 Å². The summed E-state index contributed by atoms with van der Waals surface area (Å²) in [6.07, 6.45) is 1.59. The van der Waals surface area contributed by atoms with Crippen LogP contribution in [0, 0.1) is 0 Å². The Morgan fingerprint density at radius 2 is 2.25 bits per heavy atom. The Morgan fingerprint density at radius 1 is 1.50 bits per heavy atom. The number of hydrogen-bond donors (Lipinski definition) is 2. The molecule has 0 aliphatic heterocycles. The average Bonchev–Trinajstić information content (AvgIpc) is 2.26. The van der Waals surface area contributed by atoms with Crippen LogP contribution >= 0.6 is 11.6 Å². The Labute approximate surface area is 99.1 Å². The molecule has 0 aliphatic rings. The molecule has 1 heterocycles. The minimum atomic E-state index is 0.172. The minimum absolute atomic E-state index is 0.172. The third-order valence-electron chi connectivity index (χ3n) is 1.61. The molecule has 0 amide bonds. The third-order valence-corrected chi connectivity index (χ3v) is 1.87. The van der Waals surface area contributed by atoms with E-state index in [0.29, 0.717) is 18.2 Å². The van der Waals surface area contributed by atoms with Crippen LogP contribution < -0.4 is 16.0 Å². The van der Waals surface area contributed by atoms with Crippen molar-refractivity contribution in [1.82, 2.24) is 9.97 Å². The highest BCUT2D eigenvalue weighted by atomic mass is 35.5. The maximum Gasteiger partial charge on any atom is 0.240 e. The van der Waals surface area contributed by atoms with Gasteiger partial charge in [0.15, 0.2) is 0 Å². The standard InChI is InChI=1S/C9H15ClN4O2/c1-6(2)15-3-4-16-8-7(10)5-12-9(13-8)14-11/h5-6H,3-4,11H2,1-2H3,(H,12,13,14). The molecule has 0 bridgehead atoms. The molecule has 0 aliphatic carbocycles. The summed E-state index contributed by atoms with van der Waals surface area (Å²) < 4.78 is 10.6. The quantitative estimate of drug-likeness (QED) is 0.446. The molecule has 0 radical (unpaired) electrons. The van der Waals surface area contributed by atoms with Crippen LogP contribution in [0.1, 0.15) is 13.8 Å². The zero-order valence-electron chi connectivity index (χ0n) is 9.24. The largest absolute Gasteiger partial charge is 0.474 e. The predicted molar refractivity (Wildman–Crippen MR) is 61.4 cm³/mol. The van der Waals surface area contributed by atoms with Crippen LogP contribution in [0.25, 0.3) is 0 Å². The number of nitrogens with one attached hydrogen (secondary N) is 1. The molecule has 0 aromatic carbocycles. The first-order valence-electron chi connectivity index (χ1n) is 4.87. The van der Waals surface area contributed by atoms with Crippen molar-refractivity contribution in [3.63, 3.8) is 0 Å². The number of ether oxygens (including phenoxy) is 2. The van der Waals surface area contributed by atoms with Crippen LogP contribution in [-0.4, -0.2) is 29.3 Å². The first-order chi connectivity index (χ1) is 7.63. The van der Waals surface area contributed by atoms with Crippen molar-refractivity contribution < 1.29 is 9.47 Å². The van der Waals surface area contributed by atoms with E-state index in [1.807, 2.05) is 13.8 Å². The van der Waals surface area contributed by atoms with E-state index >= 15 is 0 Å². The van der Waals surface area contributed by atoms with Gasteiger partial charge in [-0.3, -0.25) is 5.43 Å². The topological polar surface area (TPSA) is 82.3 Å². The third kappa shape index (κ3) is 4.18. The molecule has 0 atom stereocenters. The second-order valence-electron chi connectivity index (χ2n) is 3.26. The van der Waals surface area contributed by atoms with Crippen LogP contribution in [0.15, 0.2) is 6.20 Å². The molecule has 0 fully saturated rings. The average molecular weight is 247 g/mol. The molecular weight excluding hydrogens is 232 g/mol. The Balaban J connectivity index is 2.46. The fourth-order valence-corrected chi connectivity index (χ4v) is 1.09. The van der Waals surface area contributed by atoms with Crippen LogP contribution in [0.5, 0.6) is 5.88 Å². The van der Waals surface area contributed by atoms with Gasteiger partial charge in [-0.25, -0.2) is 10.8 Å². The molecule has 1 aromatic heterocycles. The molecule has 0 saturated heterocycles. The monoisotopic (exact) mass is 246 g/mol. The number of nitrogens with two attached hydrogens (primary N) is 1. The fraction of sp³-hybridized carbons (Fsp3) is 0.556.